The van der Waals surface area contributed by atoms with Gasteiger partial charge in [-0.1, -0.05) is 0 Å². The molecule has 0 fully saturated rings. The molecule has 2 nitrogen and oxygen atoms in total. The van der Waals surface area contributed by atoms with Gasteiger partial charge in [0, 0.05) is 0 Å². The molecule has 1 aromatic rings. The van der Waals surface area contributed by atoms with E-state index in [9.17, 15) is 9.18 Å². The van der Waals surface area contributed by atoms with Crippen LogP contribution >= 0.6 is 34.2 Å². The molecule has 0 heterocycles. The zero-order valence-electron chi connectivity index (χ0n) is 6.14. The Balaban J connectivity index is 3.42. The van der Waals surface area contributed by atoms with Crippen LogP contribution < -0.4 is 0 Å². The van der Waals surface area contributed by atoms with Gasteiger partial charge in [-0.2, -0.15) is 5.26 Å². The monoisotopic (exact) mass is 309 g/mol. The van der Waals surface area contributed by atoms with E-state index in [1.807, 2.05) is 0 Å². The summed E-state index contributed by atoms with van der Waals surface area (Å²) in [6.07, 6.45) is 0. The van der Waals surface area contributed by atoms with Gasteiger partial charge in [0.25, 0.3) is 5.24 Å². The Labute approximate surface area is 92.4 Å². The second-order valence-electron chi connectivity index (χ2n) is 2.17. The van der Waals surface area contributed by atoms with Crippen LogP contribution in [0.5, 0.6) is 0 Å². The molecular formula is C8H2ClFINO. The molecule has 0 atom stereocenters. The van der Waals surface area contributed by atoms with Crippen LogP contribution in [0, 0.1) is 20.7 Å². The third-order valence-electron chi connectivity index (χ3n) is 1.41. The first-order chi connectivity index (χ1) is 6.07. The second kappa shape index (κ2) is 4.03. The van der Waals surface area contributed by atoms with Crippen LogP contribution in [-0.2, 0) is 0 Å². The van der Waals surface area contributed by atoms with E-state index in [1.165, 1.54) is 12.1 Å². The fourth-order valence-corrected chi connectivity index (χ4v) is 1.52. The van der Waals surface area contributed by atoms with Crippen molar-refractivity contribution >= 4 is 39.4 Å². The van der Waals surface area contributed by atoms with Gasteiger partial charge in [-0.05, 0) is 46.3 Å². The lowest BCUT2D eigenvalue weighted by molar-refractivity contribution is 0.107. The molecule has 0 amide bonds. The van der Waals surface area contributed by atoms with Crippen LogP contribution in [0.3, 0.4) is 0 Å². The maximum Gasteiger partial charge on any atom is 0.255 e. The molecule has 0 aromatic heterocycles. The van der Waals surface area contributed by atoms with E-state index in [-0.39, 0.29) is 14.7 Å². The van der Waals surface area contributed by atoms with E-state index in [1.54, 1.807) is 28.7 Å². The summed E-state index contributed by atoms with van der Waals surface area (Å²) in [5, 5.41) is 7.67. The number of nitrogens with zero attached hydrogens (tertiary/aromatic N) is 1. The van der Waals surface area contributed by atoms with E-state index in [2.05, 4.69) is 0 Å². The van der Waals surface area contributed by atoms with Crippen molar-refractivity contribution in [1.82, 2.24) is 0 Å². The number of nitriles is 1. The number of hydrogen-bond donors (Lipinski definition) is 0. The van der Waals surface area contributed by atoms with Crippen molar-refractivity contribution in [2.75, 3.05) is 0 Å². The average molecular weight is 309 g/mol. The van der Waals surface area contributed by atoms with Crippen molar-refractivity contribution in [3.63, 3.8) is 0 Å². The third kappa shape index (κ3) is 1.98. The summed E-state index contributed by atoms with van der Waals surface area (Å²) in [5.41, 5.74) is -0.00941. The molecule has 13 heavy (non-hydrogen) atoms. The summed E-state index contributed by atoms with van der Waals surface area (Å²) in [7, 11) is 0. The first-order valence-corrected chi connectivity index (χ1v) is 4.61. The quantitative estimate of drug-likeness (QED) is 0.591. The zero-order valence-corrected chi connectivity index (χ0v) is 9.06. The number of benzene rings is 1. The lowest BCUT2D eigenvalue weighted by Crippen LogP contribution is -1.98. The van der Waals surface area contributed by atoms with E-state index in [0.717, 1.165) is 0 Å². The fourth-order valence-electron chi connectivity index (χ4n) is 0.788. The zero-order chi connectivity index (χ0) is 10.0. The predicted molar refractivity (Wildman–Crippen MR) is 54.0 cm³/mol. The third-order valence-corrected chi connectivity index (χ3v) is 2.67. The maximum atomic E-state index is 13.2. The molecule has 0 unspecified atom stereocenters. The normalized spacial score (nSPS) is 9.38. The lowest BCUT2D eigenvalue weighted by Gasteiger charge is -2.00. The molecule has 5 heteroatoms. The molecule has 66 valence electrons. The minimum Gasteiger partial charge on any atom is -0.275 e. The van der Waals surface area contributed by atoms with E-state index in [0.29, 0.717) is 0 Å². The topological polar surface area (TPSA) is 40.9 Å². The Hall–Kier alpha value is -0.670. The van der Waals surface area contributed by atoms with Gasteiger partial charge in [0.05, 0.1) is 14.7 Å². The summed E-state index contributed by atoms with van der Waals surface area (Å²) in [6.45, 7) is 0. The predicted octanol–water partition coefficient (Wildman–Crippen LogP) is 2.68. The number of halogens is 3. The summed E-state index contributed by atoms with van der Waals surface area (Å²) < 4.78 is 13.4. The molecule has 1 rings (SSSR count). The van der Waals surface area contributed by atoms with E-state index >= 15 is 0 Å². The summed E-state index contributed by atoms with van der Waals surface area (Å²) in [6, 6.07) is 4.36. The highest BCUT2D eigenvalue weighted by Crippen LogP contribution is 2.20. The van der Waals surface area contributed by atoms with Gasteiger partial charge < -0.3 is 0 Å². The van der Waals surface area contributed by atoms with Crippen molar-refractivity contribution in [2.24, 2.45) is 0 Å². The van der Waals surface area contributed by atoms with Crippen molar-refractivity contribution in [2.45, 2.75) is 0 Å². The molecule has 0 bridgehead atoms. The Bertz CT molecular complexity index is 413. The standard InChI is InChI=1S/C8H2ClFINO/c9-8(13)5-2-1-4(3-12)7(11)6(5)10/h1-2H. The first-order valence-electron chi connectivity index (χ1n) is 3.16. The van der Waals surface area contributed by atoms with Crippen molar-refractivity contribution in [3.05, 3.63) is 32.6 Å². The molecule has 0 saturated heterocycles. The van der Waals surface area contributed by atoms with Crippen LogP contribution in [0.15, 0.2) is 12.1 Å². The molecule has 1 aromatic carbocycles. The van der Waals surface area contributed by atoms with Gasteiger partial charge in [0.15, 0.2) is 0 Å². The van der Waals surface area contributed by atoms with Gasteiger partial charge in [0.1, 0.15) is 11.9 Å². The Morgan fingerprint density at radius 2 is 2.23 bits per heavy atom. The van der Waals surface area contributed by atoms with Crippen molar-refractivity contribution in [1.29, 1.82) is 5.26 Å². The second-order valence-corrected chi connectivity index (χ2v) is 3.60. The fraction of sp³-hybridized carbons (Fsp3) is 0. The van der Waals surface area contributed by atoms with Crippen LogP contribution in [0.4, 0.5) is 4.39 Å². The van der Waals surface area contributed by atoms with Crippen molar-refractivity contribution in [3.8, 4) is 6.07 Å². The van der Waals surface area contributed by atoms with Gasteiger partial charge >= 0.3 is 0 Å². The highest BCUT2D eigenvalue weighted by atomic mass is 127. The highest BCUT2D eigenvalue weighted by Gasteiger charge is 2.14. The number of hydrogen-bond acceptors (Lipinski definition) is 2. The molecule has 0 aliphatic heterocycles. The SMILES string of the molecule is N#Cc1ccc(C(=O)Cl)c(F)c1I. The van der Waals surface area contributed by atoms with Gasteiger partial charge in [-0.15, -0.1) is 0 Å². The highest BCUT2D eigenvalue weighted by molar-refractivity contribution is 14.1. The van der Waals surface area contributed by atoms with Crippen LogP contribution in [0.25, 0.3) is 0 Å². The van der Waals surface area contributed by atoms with Crippen LogP contribution in [-0.4, -0.2) is 5.24 Å². The lowest BCUT2D eigenvalue weighted by atomic mass is 10.1. The molecule has 0 spiro atoms. The summed E-state index contributed by atoms with van der Waals surface area (Å²) >= 11 is 6.77. The Morgan fingerprint density at radius 1 is 1.62 bits per heavy atom. The Kier molecular flexibility index (Phi) is 3.22. The molecule has 0 saturated carbocycles. The molecule has 0 aliphatic carbocycles. The smallest absolute Gasteiger partial charge is 0.255 e. The molecule has 0 aliphatic rings. The van der Waals surface area contributed by atoms with Gasteiger partial charge in [-0.25, -0.2) is 4.39 Å². The van der Waals surface area contributed by atoms with E-state index in [4.69, 9.17) is 16.9 Å². The number of carbonyl (C=O) groups is 1. The molecule has 0 radical (unpaired) electrons. The number of rotatable bonds is 1. The van der Waals surface area contributed by atoms with Crippen molar-refractivity contribution < 1.29 is 9.18 Å². The summed E-state index contributed by atoms with van der Waals surface area (Å²) in [4.78, 5) is 10.7. The molecular weight excluding hydrogens is 307 g/mol. The minimum absolute atomic E-state index is 0.117. The molecule has 0 N–H and O–H groups in total. The maximum absolute atomic E-state index is 13.2. The average Bonchev–Trinajstić information content (AvgIpc) is 2.09. The summed E-state index contributed by atoms with van der Waals surface area (Å²) in [5.74, 6) is -0.736. The van der Waals surface area contributed by atoms with Crippen LogP contribution in [0.2, 0.25) is 0 Å². The van der Waals surface area contributed by atoms with Crippen LogP contribution in [0.1, 0.15) is 15.9 Å². The van der Waals surface area contributed by atoms with E-state index < -0.39 is 11.1 Å². The van der Waals surface area contributed by atoms with Gasteiger partial charge in [-0.3, -0.25) is 4.79 Å². The number of carbonyl (C=O) groups excluding carboxylic acids is 1. The largest absolute Gasteiger partial charge is 0.275 e. The Morgan fingerprint density at radius 3 is 2.69 bits per heavy atom. The first kappa shape index (κ1) is 10.4. The van der Waals surface area contributed by atoms with Gasteiger partial charge in [0.2, 0.25) is 0 Å². The minimum atomic E-state index is -0.861.